The molecule has 63 heavy (non-hydrogen) atoms. The predicted octanol–water partition coefficient (Wildman–Crippen LogP) is 6.66. The Kier molecular flexibility index (Phi) is 18.4. The minimum Gasteiger partial charge on any atom is -0.481 e. The molecule has 0 fully saturated rings. The Balaban J connectivity index is 1.19. The van der Waals surface area contributed by atoms with Crippen LogP contribution in [-0.4, -0.2) is 115 Å². The van der Waals surface area contributed by atoms with Gasteiger partial charge in [0.25, 0.3) is 0 Å². The summed E-state index contributed by atoms with van der Waals surface area (Å²) in [6, 6.07) is 34.4. The highest BCUT2D eigenvalue weighted by Gasteiger charge is 2.30. The van der Waals surface area contributed by atoms with Gasteiger partial charge in [-0.3, -0.25) is 14.4 Å². The van der Waals surface area contributed by atoms with Crippen molar-refractivity contribution in [2.24, 2.45) is 5.92 Å². The molecule has 5 rings (SSSR count). The molecule has 0 saturated carbocycles. The lowest BCUT2D eigenvalue weighted by Gasteiger charge is -2.28. The average molecular weight is 864 g/mol. The molecule has 334 valence electrons. The zero-order chi connectivity index (χ0) is 45.0. The topological polar surface area (TPSA) is 184 Å². The first-order chi connectivity index (χ1) is 30.5. The van der Waals surface area contributed by atoms with Crippen LogP contribution in [0.15, 0.2) is 109 Å². The summed E-state index contributed by atoms with van der Waals surface area (Å²) in [5, 5.41) is 14.6. The first-order valence-electron chi connectivity index (χ1n) is 21.2. The van der Waals surface area contributed by atoms with E-state index < -0.39 is 30.2 Å². The van der Waals surface area contributed by atoms with Crippen LogP contribution in [-0.2, 0) is 41.8 Å². The highest BCUT2D eigenvalue weighted by molar-refractivity contribution is 5.81. The summed E-state index contributed by atoms with van der Waals surface area (Å²) in [7, 11) is 0. The SMILES string of the molecule is CC(C)CN(CCC(=O)N(CCNC(=O)OCc1ccccc1)CCC(=O)N(CCNC(=O)OCc1ccccc1)CCC(=O)O)C(=O)OCC1c2ccccc2-c2ccccc21. The van der Waals surface area contributed by atoms with E-state index in [9.17, 15) is 33.9 Å². The monoisotopic (exact) mass is 863 g/mol. The minimum atomic E-state index is -1.10. The summed E-state index contributed by atoms with van der Waals surface area (Å²) in [5.41, 5.74) is 5.98. The first-order valence-corrected chi connectivity index (χ1v) is 21.2. The third kappa shape index (κ3) is 15.2. The summed E-state index contributed by atoms with van der Waals surface area (Å²) >= 11 is 0. The summed E-state index contributed by atoms with van der Waals surface area (Å²) in [5.74, 6) is -1.99. The van der Waals surface area contributed by atoms with Gasteiger partial charge in [0.05, 0.1) is 6.42 Å². The van der Waals surface area contributed by atoms with Crippen molar-refractivity contribution in [3.05, 3.63) is 131 Å². The number of rotatable bonds is 23. The average Bonchev–Trinajstić information content (AvgIpc) is 3.61. The minimum absolute atomic E-state index is 0.000389. The van der Waals surface area contributed by atoms with Crippen LogP contribution in [0.4, 0.5) is 14.4 Å². The Bertz CT molecular complexity index is 2090. The number of carboxylic acids is 1. The van der Waals surface area contributed by atoms with E-state index in [1.54, 1.807) is 0 Å². The molecule has 0 spiro atoms. The normalized spacial score (nSPS) is 11.5. The number of benzene rings is 4. The fraction of sp³-hybridized carbons (Fsp3) is 0.375. The molecule has 0 saturated heterocycles. The number of hydrogen-bond acceptors (Lipinski definition) is 9. The van der Waals surface area contributed by atoms with Crippen LogP contribution >= 0.6 is 0 Å². The van der Waals surface area contributed by atoms with Gasteiger partial charge >= 0.3 is 24.2 Å². The second kappa shape index (κ2) is 24.5. The molecule has 4 aromatic carbocycles. The molecule has 0 radical (unpaired) electrons. The molecule has 5 amide bonds. The fourth-order valence-corrected chi connectivity index (χ4v) is 7.25. The number of aliphatic carboxylic acids is 1. The number of nitrogens with zero attached hydrogens (tertiary/aromatic N) is 3. The molecule has 1 aliphatic rings. The largest absolute Gasteiger partial charge is 0.481 e. The van der Waals surface area contributed by atoms with Crippen LogP contribution < -0.4 is 10.6 Å². The van der Waals surface area contributed by atoms with E-state index in [1.165, 1.54) is 14.7 Å². The van der Waals surface area contributed by atoms with Gasteiger partial charge in [0.2, 0.25) is 11.8 Å². The van der Waals surface area contributed by atoms with Gasteiger partial charge in [-0.15, -0.1) is 0 Å². The lowest BCUT2D eigenvalue weighted by Crippen LogP contribution is -2.44. The van der Waals surface area contributed by atoms with Crippen LogP contribution in [0.5, 0.6) is 0 Å². The van der Waals surface area contributed by atoms with E-state index >= 15 is 0 Å². The number of fused-ring (bicyclic) bond motifs is 3. The zero-order valence-electron chi connectivity index (χ0n) is 35.9. The molecule has 15 nitrogen and oxygen atoms in total. The van der Waals surface area contributed by atoms with Crippen molar-refractivity contribution in [1.29, 1.82) is 0 Å². The van der Waals surface area contributed by atoms with Gasteiger partial charge in [-0.05, 0) is 39.3 Å². The summed E-state index contributed by atoms with van der Waals surface area (Å²) in [6.45, 7) is 4.37. The van der Waals surface area contributed by atoms with Gasteiger partial charge in [-0.2, -0.15) is 0 Å². The van der Waals surface area contributed by atoms with Gasteiger partial charge in [-0.25, -0.2) is 14.4 Å². The number of nitrogens with one attached hydrogen (secondary N) is 2. The molecule has 3 N–H and O–H groups in total. The van der Waals surface area contributed by atoms with E-state index in [4.69, 9.17) is 14.2 Å². The third-order valence-corrected chi connectivity index (χ3v) is 10.4. The lowest BCUT2D eigenvalue weighted by atomic mass is 9.98. The lowest BCUT2D eigenvalue weighted by molar-refractivity contribution is -0.138. The van der Waals surface area contributed by atoms with Crippen molar-refractivity contribution in [1.82, 2.24) is 25.3 Å². The molecule has 0 aromatic heterocycles. The number of ether oxygens (including phenoxy) is 3. The number of carbonyl (C=O) groups is 6. The number of hydrogen-bond donors (Lipinski definition) is 3. The third-order valence-electron chi connectivity index (χ3n) is 10.4. The van der Waals surface area contributed by atoms with Crippen molar-refractivity contribution in [2.45, 2.75) is 52.2 Å². The highest BCUT2D eigenvalue weighted by atomic mass is 16.6. The molecular weight excluding hydrogens is 807 g/mol. The number of alkyl carbamates (subject to hydrolysis) is 2. The molecule has 0 unspecified atom stereocenters. The fourth-order valence-electron chi connectivity index (χ4n) is 7.25. The molecular formula is C48H57N5O10. The number of carboxylic acid groups (broad SMARTS) is 1. The quantitative estimate of drug-likeness (QED) is 0.0682. The van der Waals surface area contributed by atoms with E-state index in [0.717, 1.165) is 33.4 Å². The van der Waals surface area contributed by atoms with Crippen LogP contribution in [0.3, 0.4) is 0 Å². The second-order valence-electron chi connectivity index (χ2n) is 15.5. The van der Waals surface area contributed by atoms with Crippen molar-refractivity contribution in [2.75, 3.05) is 59.0 Å². The maximum Gasteiger partial charge on any atom is 0.409 e. The Labute approximate surface area is 368 Å². The van der Waals surface area contributed by atoms with Crippen LogP contribution in [0.2, 0.25) is 0 Å². The van der Waals surface area contributed by atoms with Gasteiger partial charge in [0.15, 0.2) is 0 Å². The van der Waals surface area contributed by atoms with Gasteiger partial charge in [0.1, 0.15) is 19.8 Å². The predicted molar refractivity (Wildman–Crippen MR) is 235 cm³/mol. The van der Waals surface area contributed by atoms with E-state index in [2.05, 4.69) is 22.8 Å². The van der Waals surface area contributed by atoms with Crippen LogP contribution in [0.1, 0.15) is 61.3 Å². The van der Waals surface area contributed by atoms with Crippen molar-refractivity contribution in [3.63, 3.8) is 0 Å². The van der Waals surface area contributed by atoms with E-state index in [-0.39, 0.29) is 103 Å². The summed E-state index contributed by atoms with van der Waals surface area (Å²) in [6.07, 6.45) is -2.53. The summed E-state index contributed by atoms with van der Waals surface area (Å²) in [4.78, 5) is 81.8. The molecule has 15 heteroatoms. The molecule has 0 bridgehead atoms. The molecule has 1 aliphatic carbocycles. The Morgan fingerprint density at radius 3 is 1.44 bits per heavy atom. The van der Waals surface area contributed by atoms with Crippen LogP contribution in [0.25, 0.3) is 11.1 Å². The smallest absolute Gasteiger partial charge is 0.409 e. The second-order valence-corrected chi connectivity index (χ2v) is 15.5. The molecule has 0 aliphatic heterocycles. The van der Waals surface area contributed by atoms with E-state index in [1.807, 2.05) is 111 Å². The van der Waals surface area contributed by atoms with Gasteiger partial charge in [-0.1, -0.05) is 123 Å². The Morgan fingerprint density at radius 1 is 0.556 bits per heavy atom. The molecule has 0 heterocycles. The van der Waals surface area contributed by atoms with E-state index in [0.29, 0.717) is 6.54 Å². The molecule has 4 aromatic rings. The Morgan fingerprint density at radius 2 is 0.984 bits per heavy atom. The standard InChI is InChI=1S/C48H57N5O10/c1-35(2)31-53(48(60)63-34-42-40-19-11-9-17-38(40)39-18-10-12-20-41(39)42)27-22-44(55)51(29-24-49-46(58)61-32-36-13-5-3-6-14-36)26-21-43(54)52(28-23-45(56)57)30-25-50-47(59)62-33-37-15-7-4-8-16-37/h3-20,35,42H,21-34H2,1-2H3,(H,49,58)(H,50,59)(H,56,57). The maximum atomic E-state index is 13.9. The number of amides is 5. The Hall–Kier alpha value is -6.90. The van der Waals surface area contributed by atoms with Crippen molar-refractivity contribution < 1.29 is 48.1 Å². The van der Waals surface area contributed by atoms with Gasteiger partial charge < -0.3 is 44.7 Å². The number of carbonyl (C=O) groups excluding carboxylic acids is 5. The zero-order valence-corrected chi connectivity index (χ0v) is 35.9. The van der Waals surface area contributed by atoms with Crippen LogP contribution in [0, 0.1) is 5.92 Å². The van der Waals surface area contributed by atoms with Gasteiger partial charge in [0, 0.05) is 71.1 Å². The van der Waals surface area contributed by atoms with Crippen molar-refractivity contribution >= 4 is 36.1 Å². The molecule has 0 atom stereocenters. The van der Waals surface area contributed by atoms with Crippen molar-refractivity contribution in [3.8, 4) is 11.1 Å². The first kappa shape index (κ1) is 47.2. The highest BCUT2D eigenvalue weighted by Crippen LogP contribution is 2.44. The summed E-state index contributed by atoms with van der Waals surface area (Å²) < 4.78 is 16.5. The maximum absolute atomic E-state index is 13.9.